The van der Waals surface area contributed by atoms with Crippen molar-refractivity contribution in [3.63, 3.8) is 0 Å². The number of halogens is 3. The Labute approximate surface area is 199 Å². The van der Waals surface area contributed by atoms with Crippen molar-refractivity contribution >= 4 is 28.3 Å². The first kappa shape index (κ1) is 24.2. The normalized spacial score (nSPS) is 12.1. The van der Waals surface area contributed by atoms with E-state index in [0.717, 1.165) is 23.5 Å². The number of carboxylic acid groups (broad SMARTS) is 1. The number of nitrogens with one attached hydrogen (secondary N) is 1. The van der Waals surface area contributed by atoms with Crippen LogP contribution in [0.15, 0.2) is 30.5 Å². The largest absolute Gasteiger partial charge is 1.00 e. The van der Waals surface area contributed by atoms with E-state index < -0.39 is 42.6 Å². The van der Waals surface area contributed by atoms with Crippen molar-refractivity contribution in [1.29, 1.82) is 0 Å². The molecule has 0 aliphatic carbocycles. The molecule has 0 aliphatic heterocycles. The summed E-state index contributed by atoms with van der Waals surface area (Å²) in [4.78, 5) is 27.0. The van der Waals surface area contributed by atoms with Gasteiger partial charge in [-0.05, 0) is 11.6 Å². The first-order valence-corrected chi connectivity index (χ1v) is 8.23. The van der Waals surface area contributed by atoms with Gasteiger partial charge in [-0.1, -0.05) is 18.2 Å². The van der Waals surface area contributed by atoms with Crippen molar-refractivity contribution in [3.8, 4) is 0 Å². The van der Waals surface area contributed by atoms with Crippen LogP contribution in [0, 0.1) is 5.92 Å². The Hall–Kier alpha value is -0.824. The second-order valence-corrected chi connectivity index (χ2v) is 6.57. The summed E-state index contributed by atoms with van der Waals surface area (Å²) in [6.07, 6.45) is -3.46. The molecule has 27 heavy (non-hydrogen) atoms. The summed E-state index contributed by atoms with van der Waals surface area (Å²) in [6, 6.07) is 4.89. The van der Waals surface area contributed by atoms with Crippen LogP contribution in [0.3, 0.4) is 0 Å². The average molecular weight is 426 g/mol. The Morgan fingerprint density at radius 2 is 2.04 bits per heavy atom. The van der Waals surface area contributed by atoms with Crippen LogP contribution in [0.4, 0.5) is 18.3 Å². The van der Waals surface area contributed by atoms with Crippen LogP contribution >= 0.6 is 11.3 Å². The van der Waals surface area contributed by atoms with Gasteiger partial charge < -0.3 is 20.3 Å². The molecule has 2 N–H and O–H groups in total. The maximum absolute atomic E-state index is 12.7. The minimum Gasteiger partial charge on any atom is -0.550 e. The molecule has 1 atom stereocenters. The number of anilines is 1. The molecule has 0 saturated heterocycles. The minimum atomic E-state index is -4.43. The van der Waals surface area contributed by atoms with E-state index >= 15 is 0 Å². The Balaban J connectivity index is 0.00000364. The summed E-state index contributed by atoms with van der Waals surface area (Å²) in [6.45, 7) is -0.664. The van der Waals surface area contributed by atoms with Gasteiger partial charge in [0.25, 0.3) is 0 Å². The second kappa shape index (κ2) is 10.6. The minimum absolute atomic E-state index is 0. The molecule has 0 spiro atoms. The second-order valence-electron chi connectivity index (χ2n) is 5.45. The summed E-state index contributed by atoms with van der Waals surface area (Å²) in [5, 5.41) is 22.1. The smallest absolute Gasteiger partial charge is 0.550 e. The molecule has 1 unspecified atom stereocenters. The van der Waals surface area contributed by atoms with Gasteiger partial charge >= 0.3 is 57.6 Å². The number of thiazole rings is 1. The van der Waals surface area contributed by atoms with E-state index in [1.54, 1.807) is 6.07 Å². The van der Waals surface area contributed by atoms with E-state index in [2.05, 4.69) is 10.3 Å². The fraction of sp³-hybridized carbons (Fsp3) is 0.312. The van der Waals surface area contributed by atoms with E-state index in [0.29, 0.717) is 10.4 Å². The third kappa shape index (κ3) is 7.60. The van der Waals surface area contributed by atoms with Crippen LogP contribution in [-0.2, 0) is 22.2 Å². The molecule has 1 aromatic heterocycles. The van der Waals surface area contributed by atoms with Crippen LogP contribution in [0.2, 0.25) is 0 Å². The monoisotopic (exact) mass is 426 g/mol. The number of aliphatic carboxylic acids is 1. The Morgan fingerprint density at radius 1 is 1.33 bits per heavy atom. The van der Waals surface area contributed by atoms with Crippen molar-refractivity contribution in [2.45, 2.75) is 19.0 Å². The molecule has 0 saturated carbocycles. The third-order valence-corrected chi connectivity index (χ3v) is 4.33. The van der Waals surface area contributed by atoms with E-state index in [9.17, 15) is 27.9 Å². The van der Waals surface area contributed by atoms with Crippen molar-refractivity contribution in [2.75, 3.05) is 11.9 Å². The quantitative estimate of drug-likeness (QED) is 0.522. The first-order chi connectivity index (χ1) is 12.2. The zero-order chi connectivity index (χ0) is 19.3. The molecular formula is C16H14F3KN2O4S. The molecule has 140 valence electrons. The molecule has 2 aromatic rings. The van der Waals surface area contributed by atoms with Gasteiger partial charge in [0.15, 0.2) is 5.13 Å². The standard InChI is InChI=1S/C16H15F3N2O4S.K/c17-16(18,19)11-3-1-2-9(4-11)5-12-7-20-15(26-12)21-14(25)10(8-22)6-13(23)24;/h1-4,7,10,22H,5-6,8H2,(H,23,24)(H,20,21,25);/q;+1/p-1. The first-order valence-electron chi connectivity index (χ1n) is 7.41. The van der Waals surface area contributed by atoms with E-state index in [1.165, 1.54) is 12.3 Å². The van der Waals surface area contributed by atoms with Crippen LogP contribution in [0.5, 0.6) is 0 Å². The molecule has 6 nitrogen and oxygen atoms in total. The van der Waals surface area contributed by atoms with Crippen molar-refractivity contribution in [2.24, 2.45) is 5.92 Å². The van der Waals surface area contributed by atoms with E-state index in [1.807, 2.05) is 0 Å². The third-order valence-electron chi connectivity index (χ3n) is 3.42. The molecular weight excluding hydrogens is 412 g/mol. The summed E-state index contributed by atoms with van der Waals surface area (Å²) in [5.74, 6) is -3.36. The molecule has 0 fully saturated rings. The number of aliphatic hydroxyl groups excluding tert-OH is 1. The van der Waals surface area contributed by atoms with Crippen LogP contribution in [0.25, 0.3) is 0 Å². The number of carbonyl (C=O) groups excluding carboxylic acids is 2. The van der Waals surface area contributed by atoms with Crippen LogP contribution in [0.1, 0.15) is 22.4 Å². The van der Waals surface area contributed by atoms with Crippen molar-refractivity contribution in [1.82, 2.24) is 4.98 Å². The number of nitrogens with zero attached hydrogens (tertiary/aromatic N) is 1. The number of hydrogen-bond acceptors (Lipinski definition) is 6. The molecule has 11 heteroatoms. The van der Waals surface area contributed by atoms with Gasteiger partial charge in [-0.2, -0.15) is 13.2 Å². The summed E-state index contributed by atoms with van der Waals surface area (Å²) >= 11 is 1.05. The fourth-order valence-corrected chi connectivity index (χ4v) is 3.00. The van der Waals surface area contributed by atoms with Gasteiger partial charge in [0, 0.05) is 29.9 Å². The summed E-state index contributed by atoms with van der Waals surface area (Å²) in [7, 11) is 0. The SMILES string of the molecule is O=C([O-])CC(CO)C(=O)Nc1ncc(Cc2cccc(C(F)(F)F)c2)s1.[K+]. The van der Waals surface area contributed by atoms with Gasteiger partial charge in [-0.15, -0.1) is 11.3 Å². The molecule has 1 heterocycles. The zero-order valence-electron chi connectivity index (χ0n) is 14.2. The van der Waals surface area contributed by atoms with Crippen molar-refractivity contribution in [3.05, 3.63) is 46.5 Å². The number of carbonyl (C=O) groups is 2. The number of benzene rings is 1. The topological polar surface area (TPSA) is 102 Å². The average Bonchev–Trinajstić information content (AvgIpc) is 2.98. The zero-order valence-corrected chi connectivity index (χ0v) is 18.2. The molecule has 0 bridgehead atoms. The number of carboxylic acids is 1. The van der Waals surface area contributed by atoms with Crippen molar-refractivity contribution < 1.29 is 84.4 Å². The number of amides is 1. The number of hydrogen-bond donors (Lipinski definition) is 2. The number of aromatic nitrogens is 1. The van der Waals surface area contributed by atoms with Crippen LogP contribution in [-0.4, -0.2) is 28.6 Å². The van der Waals surface area contributed by atoms with Gasteiger partial charge in [-0.3, -0.25) is 4.79 Å². The van der Waals surface area contributed by atoms with E-state index in [4.69, 9.17) is 5.11 Å². The van der Waals surface area contributed by atoms with Gasteiger partial charge in [-0.25, -0.2) is 4.98 Å². The fourth-order valence-electron chi connectivity index (χ4n) is 2.15. The molecule has 1 aromatic carbocycles. The maximum atomic E-state index is 12.7. The number of alkyl halides is 3. The molecule has 1 amide bonds. The molecule has 2 rings (SSSR count). The van der Waals surface area contributed by atoms with E-state index in [-0.39, 0.29) is 62.9 Å². The van der Waals surface area contributed by atoms with Gasteiger partial charge in [0.2, 0.25) is 5.91 Å². The van der Waals surface area contributed by atoms with Crippen LogP contribution < -0.4 is 61.8 Å². The van der Waals surface area contributed by atoms with Gasteiger partial charge in [0.05, 0.1) is 18.1 Å². The number of rotatable bonds is 7. The van der Waals surface area contributed by atoms with Gasteiger partial charge in [0.1, 0.15) is 0 Å². The maximum Gasteiger partial charge on any atom is 1.00 e. The summed E-state index contributed by atoms with van der Waals surface area (Å²) < 4.78 is 38.2. The number of aliphatic hydroxyl groups is 1. The Bertz CT molecular complexity index is 798. The molecule has 0 radical (unpaired) electrons. The Kier molecular flexibility index (Phi) is 9.55. The Morgan fingerprint density at radius 3 is 2.63 bits per heavy atom. The molecule has 0 aliphatic rings. The predicted octanol–water partition coefficient (Wildman–Crippen LogP) is -1.56. The summed E-state index contributed by atoms with van der Waals surface area (Å²) in [5.41, 5.74) is -0.312. The predicted molar refractivity (Wildman–Crippen MR) is 85.2 cm³/mol.